The van der Waals surface area contributed by atoms with Crippen molar-refractivity contribution in [1.82, 2.24) is 5.43 Å². The smallest absolute Gasteiger partial charge is 0.273 e. The van der Waals surface area contributed by atoms with E-state index in [2.05, 4.69) is 10.5 Å². The summed E-state index contributed by atoms with van der Waals surface area (Å²) in [4.78, 5) is 12.7. The predicted molar refractivity (Wildman–Crippen MR) is 76.2 cm³/mol. The fourth-order valence-corrected chi connectivity index (χ4v) is 2.31. The number of rotatable bonds is 4. The Bertz CT molecular complexity index is 578. The van der Waals surface area contributed by atoms with Crippen LogP contribution in [0.25, 0.3) is 0 Å². The van der Waals surface area contributed by atoms with Crippen LogP contribution in [0.5, 0.6) is 0 Å². The van der Waals surface area contributed by atoms with E-state index in [4.69, 9.17) is 0 Å². The lowest BCUT2D eigenvalue weighted by atomic mass is 10.1. The number of thiophene rings is 1. The number of aryl methyl sites for hydroxylation is 1. The van der Waals surface area contributed by atoms with Crippen molar-refractivity contribution in [2.45, 2.75) is 13.0 Å². The van der Waals surface area contributed by atoms with E-state index in [0.717, 1.165) is 10.4 Å². The molecule has 1 aromatic carbocycles. The molecule has 1 atom stereocenters. The second-order valence-corrected chi connectivity index (χ2v) is 4.96. The van der Waals surface area contributed by atoms with Gasteiger partial charge in [0.1, 0.15) is 0 Å². The highest BCUT2D eigenvalue weighted by Gasteiger charge is 2.15. The Balaban J connectivity index is 1.95. The van der Waals surface area contributed by atoms with Gasteiger partial charge >= 0.3 is 0 Å². The predicted octanol–water partition coefficient (Wildman–Crippen LogP) is 2.24. The minimum absolute atomic E-state index is 0.544. The van der Waals surface area contributed by atoms with Crippen molar-refractivity contribution in [3.63, 3.8) is 0 Å². The zero-order valence-corrected chi connectivity index (χ0v) is 11.2. The number of aliphatic hydroxyl groups excluding tert-OH is 1. The molecule has 98 valence electrons. The number of carbonyl (C=O) groups is 1. The maximum atomic E-state index is 11.7. The van der Waals surface area contributed by atoms with Crippen LogP contribution < -0.4 is 5.43 Å². The fourth-order valence-electron chi connectivity index (χ4n) is 1.52. The van der Waals surface area contributed by atoms with Gasteiger partial charge in [-0.2, -0.15) is 5.10 Å². The van der Waals surface area contributed by atoms with Crippen LogP contribution >= 0.6 is 11.3 Å². The van der Waals surface area contributed by atoms with Crippen molar-refractivity contribution < 1.29 is 9.90 Å². The standard InChI is InChI=1S/C14H14N2O2S/c1-10-7-8-19-12(10)9-15-16-14(18)13(17)11-5-3-2-4-6-11/h2-9,13,17H,1H3,(H,16,18)/b15-9-/t13-/m1/s1. The van der Waals surface area contributed by atoms with Crippen LogP contribution in [0.2, 0.25) is 0 Å². The largest absolute Gasteiger partial charge is 0.378 e. The molecule has 2 aromatic rings. The normalized spacial score (nSPS) is 12.5. The molecule has 4 nitrogen and oxygen atoms in total. The molecule has 0 radical (unpaired) electrons. The van der Waals surface area contributed by atoms with Crippen molar-refractivity contribution in [2.75, 3.05) is 0 Å². The van der Waals surface area contributed by atoms with Gasteiger partial charge in [0.15, 0.2) is 6.10 Å². The fraction of sp³-hybridized carbons (Fsp3) is 0.143. The molecule has 1 heterocycles. The van der Waals surface area contributed by atoms with Crippen LogP contribution in [0.1, 0.15) is 22.1 Å². The number of nitrogens with one attached hydrogen (secondary N) is 1. The minimum atomic E-state index is -1.21. The zero-order valence-electron chi connectivity index (χ0n) is 10.4. The summed E-state index contributed by atoms with van der Waals surface area (Å²) >= 11 is 1.54. The van der Waals surface area contributed by atoms with E-state index in [0.29, 0.717) is 5.56 Å². The molecular weight excluding hydrogens is 260 g/mol. The van der Waals surface area contributed by atoms with E-state index in [1.807, 2.05) is 24.4 Å². The monoisotopic (exact) mass is 274 g/mol. The highest BCUT2D eigenvalue weighted by molar-refractivity contribution is 7.11. The van der Waals surface area contributed by atoms with Gasteiger partial charge in [-0.25, -0.2) is 5.43 Å². The molecule has 2 N–H and O–H groups in total. The zero-order chi connectivity index (χ0) is 13.7. The number of nitrogens with zero attached hydrogens (tertiary/aromatic N) is 1. The van der Waals surface area contributed by atoms with Gasteiger partial charge in [0, 0.05) is 4.88 Å². The first-order chi connectivity index (χ1) is 9.18. The van der Waals surface area contributed by atoms with E-state index in [9.17, 15) is 9.90 Å². The molecule has 0 unspecified atom stereocenters. The van der Waals surface area contributed by atoms with E-state index < -0.39 is 12.0 Å². The number of hydrogen-bond donors (Lipinski definition) is 2. The molecule has 0 aliphatic carbocycles. The third-order valence-electron chi connectivity index (χ3n) is 2.62. The molecule has 1 amide bonds. The van der Waals surface area contributed by atoms with Crippen molar-refractivity contribution in [1.29, 1.82) is 0 Å². The third kappa shape index (κ3) is 3.49. The summed E-state index contributed by atoms with van der Waals surface area (Å²) in [5.74, 6) is -0.545. The van der Waals surface area contributed by atoms with Crippen LogP contribution in [0.15, 0.2) is 46.9 Å². The quantitative estimate of drug-likeness (QED) is 0.663. The minimum Gasteiger partial charge on any atom is -0.378 e. The van der Waals surface area contributed by atoms with Gasteiger partial charge in [0.2, 0.25) is 0 Å². The molecule has 0 spiro atoms. The van der Waals surface area contributed by atoms with Gasteiger partial charge < -0.3 is 5.11 Å². The lowest BCUT2D eigenvalue weighted by Crippen LogP contribution is -2.25. The number of aliphatic hydroxyl groups is 1. The Morgan fingerprint density at radius 1 is 1.37 bits per heavy atom. The third-order valence-corrected chi connectivity index (χ3v) is 3.58. The molecule has 1 aromatic heterocycles. The molecule has 0 saturated heterocycles. The molecule has 0 aliphatic heterocycles. The SMILES string of the molecule is Cc1ccsc1/C=N\NC(=O)[C@H](O)c1ccccc1. The molecule has 0 fully saturated rings. The summed E-state index contributed by atoms with van der Waals surface area (Å²) in [5, 5.41) is 15.6. The Morgan fingerprint density at radius 3 is 2.74 bits per heavy atom. The van der Waals surface area contributed by atoms with Gasteiger partial charge in [0.25, 0.3) is 5.91 Å². The Kier molecular flexibility index (Phi) is 4.43. The van der Waals surface area contributed by atoms with Crippen molar-refractivity contribution >= 4 is 23.5 Å². The second kappa shape index (κ2) is 6.26. The highest BCUT2D eigenvalue weighted by atomic mass is 32.1. The molecule has 5 heteroatoms. The van der Waals surface area contributed by atoms with Crippen LogP contribution in [-0.2, 0) is 4.79 Å². The lowest BCUT2D eigenvalue weighted by Gasteiger charge is -2.08. The van der Waals surface area contributed by atoms with Crippen molar-refractivity contribution in [2.24, 2.45) is 5.10 Å². The van der Waals surface area contributed by atoms with E-state index in [1.165, 1.54) is 0 Å². The first-order valence-corrected chi connectivity index (χ1v) is 6.66. The van der Waals surface area contributed by atoms with Gasteiger partial charge in [-0.15, -0.1) is 11.3 Å². The van der Waals surface area contributed by atoms with Gasteiger partial charge in [-0.05, 0) is 29.5 Å². The van der Waals surface area contributed by atoms with Gasteiger partial charge in [-0.3, -0.25) is 4.79 Å². The molecule has 2 rings (SSSR count). The first-order valence-electron chi connectivity index (χ1n) is 5.78. The summed E-state index contributed by atoms with van der Waals surface area (Å²) in [6.07, 6.45) is 0.373. The van der Waals surface area contributed by atoms with Crippen LogP contribution in [0.3, 0.4) is 0 Å². The van der Waals surface area contributed by atoms with Crippen LogP contribution in [-0.4, -0.2) is 17.2 Å². The Labute approximate surface area is 115 Å². The highest BCUT2D eigenvalue weighted by Crippen LogP contribution is 2.13. The number of carbonyl (C=O) groups excluding carboxylic acids is 1. The lowest BCUT2D eigenvalue weighted by molar-refractivity contribution is -0.129. The molecule has 0 saturated carbocycles. The first kappa shape index (κ1) is 13.5. The number of hydrogen-bond acceptors (Lipinski definition) is 4. The average molecular weight is 274 g/mol. The molecule has 0 bridgehead atoms. The van der Waals surface area contributed by atoms with E-state index in [1.54, 1.807) is 41.8 Å². The Hall–Kier alpha value is -1.98. The molecular formula is C14H14N2O2S. The average Bonchev–Trinajstić information content (AvgIpc) is 2.84. The maximum Gasteiger partial charge on any atom is 0.273 e. The summed E-state index contributed by atoms with van der Waals surface area (Å²) < 4.78 is 0. The van der Waals surface area contributed by atoms with Crippen molar-refractivity contribution in [3.8, 4) is 0 Å². The van der Waals surface area contributed by atoms with E-state index in [-0.39, 0.29) is 0 Å². The van der Waals surface area contributed by atoms with E-state index >= 15 is 0 Å². The van der Waals surface area contributed by atoms with Crippen LogP contribution in [0.4, 0.5) is 0 Å². The Morgan fingerprint density at radius 2 is 2.11 bits per heavy atom. The summed E-state index contributed by atoms with van der Waals surface area (Å²) in [7, 11) is 0. The van der Waals surface area contributed by atoms with Gasteiger partial charge in [0.05, 0.1) is 6.21 Å². The van der Waals surface area contributed by atoms with Crippen LogP contribution in [0, 0.1) is 6.92 Å². The molecule has 0 aliphatic rings. The number of hydrazone groups is 1. The topological polar surface area (TPSA) is 61.7 Å². The summed E-state index contributed by atoms with van der Waals surface area (Å²) in [6, 6.07) is 10.7. The second-order valence-electron chi connectivity index (χ2n) is 4.02. The molecule has 19 heavy (non-hydrogen) atoms. The summed E-state index contributed by atoms with van der Waals surface area (Å²) in [5.41, 5.74) is 3.98. The number of amides is 1. The van der Waals surface area contributed by atoms with Crippen molar-refractivity contribution in [3.05, 3.63) is 57.8 Å². The maximum absolute atomic E-state index is 11.7. The summed E-state index contributed by atoms with van der Waals surface area (Å²) in [6.45, 7) is 1.97. The number of benzene rings is 1. The van der Waals surface area contributed by atoms with Gasteiger partial charge in [-0.1, -0.05) is 30.3 Å².